The number of oxime groups is 1. The highest BCUT2D eigenvalue weighted by atomic mass is 16.6. The van der Waals surface area contributed by atoms with Crippen LogP contribution >= 0.6 is 0 Å². The molecule has 0 spiro atoms. The summed E-state index contributed by atoms with van der Waals surface area (Å²) in [4.78, 5) is 22.2. The Morgan fingerprint density at radius 2 is 2.00 bits per heavy atom. The number of benzene rings is 1. The molecule has 0 radical (unpaired) electrons. The number of rotatable bonds is 5. The molecule has 1 aromatic carbocycles. The molecule has 0 saturated heterocycles. The molecule has 0 saturated carbocycles. The predicted octanol–water partition coefficient (Wildman–Crippen LogP) is 1.57. The van der Waals surface area contributed by atoms with E-state index in [1.807, 2.05) is 0 Å². The highest BCUT2D eigenvalue weighted by Gasteiger charge is 2.16. The molecule has 0 aliphatic carbocycles. The highest BCUT2D eigenvalue weighted by molar-refractivity contribution is 5.95. The molecular weight excluding hydrogens is 274 g/mol. The van der Waals surface area contributed by atoms with Gasteiger partial charge in [-0.3, -0.25) is 14.9 Å². The summed E-state index contributed by atoms with van der Waals surface area (Å²) in [5, 5.41) is 22.1. The van der Waals surface area contributed by atoms with E-state index in [4.69, 9.17) is 5.21 Å². The lowest BCUT2D eigenvalue weighted by atomic mass is 10.1. The summed E-state index contributed by atoms with van der Waals surface area (Å²) in [5.41, 5.74) is 0.881. The molecule has 7 heteroatoms. The first kappa shape index (κ1) is 14.3. The molecule has 0 atom stereocenters. The van der Waals surface area contributed by atoms with Crippen molar-refractivity contribution in [3.05, 3.63) is 70.0 Å². The van der Waals surface area contributed by atoms with Gasteiger partial charge in [0, 0.05) is 29.8 Å². The minimum Gasteiger partial charge on any atom is -0.411 e. The van der Waals surface area contributed by atoms with Crippen LogP contribution in [0.25, 0.3) is 0 Å². The third-order valence-corrected chi connectivity index (χ3v) is 2.88. The van der Waals surface area contributed by atoms with Crippen molar-refractivity contribution in [3.8, 4) is 0 Å². The van der Waals surface area contributed by atoms with Gasteiger partial charge in [-0.15, -0.1) is 0 Å². The summed E-state index contributed by atoms with van der Waals surface area (Å²) in [7, 11) is 0. The van der Waals surface area contributed by atoms with Crippen LogP contribution < -0.4 is 4.57 Å². The second kappa shape index (κ2) is 6.38. The molecule has 1 N–H and O–H groups in total. The average molecular weight is 286 g/mol. The first-order valence-electron chi connectivity index (χ1n) is 6.05. The largest absolute Gasteiger partial charge is 0.411 e. The van der Waals surface area contributed by atoms with Gasteiger partial charge in [0.2, 0.25) is 18.0 Å². The van der Waals surface area contributed by atoms with Gasteiger partial charge in [0.25, 0.3) is 5.69 Å². The molecule has 106 valence electrons. The van der Waals surface area contributed by atoms with E-state index in [0.717, 1.165) is 0 Å². The quantitative estimate of drug-likeness (QED) is 0.225. The molecule has 0 amide bonds. The van der Waals surface area contributed by atoms with E-state index in [9.17, 15) is 14.9 Å². The zero-order valence-corrected chi connectivity index (χ0v) is 10.9. The van der Waals surface area contributed by atoms with E-state index in [2.05, 4.69) is 5.16 Å². The minimum absolute atomic E-state index is 0.0417. The summed E-state index contributed by atoms with van der Waals surface area (Å²) in [6.07, 6.45) is 2.91. The van der Waals surface area contributed by atoms with Crippen molar-refractivity contribution >= 4 is 17.7 Å². The van der Waals surface area contributed by atoms with Crippen LogP contribution in [-0.2, 0) is 6.54 Å². The average Bonchev–Trinajstić information content (AvgIpc) is 2.49. The van der Waals surface area contributed by atoms with Crippen LogP contribution in [-0.4, -0.2) is 22.1 Å². The van der Waals surface area contributed by atoms with Crippen molar-refractivity contribution in [1.82, 2.24) is 0 Å². The van der Waals surface area contributed by atoms with Gasteiger partial charge in [-0.1, -0.05) is 5.16 Å². The maximum Gasteiger partial charge on any atom is 0.269 e. The van der Waals surface area contributed by atoms with Gasteiger partial charge in [-0.05, 0) is 18.2 Å². The molecule has 21 heavy (non-hydrogen) atoms. The molecule has 1 heterocycles. The Morgan fingerprint density at radius 3 is 2.62 bits per heavy atom. The molecular formula is C14H12N3O4+. The number of aromatic nitrogens is 1. The Kier molecular flexibility index (Phi) is 4.35. The Balaban J connectivity index is 2.20. The van der Waals surface area contributed by atoms with E-state index in [-0.39, 0.29) is 18.0 Å². The highest BCUT2D eigenvalue weighted by Crippen LogP contribution is 2.12. The number of non-ortho nitro benzene ring substituents is 1. The number of carbonyl (C=O) groups is 1. The maximum atomic E-state index is 12.2. The Bertz CT molecular complexity index is 696. The number of nitro benzene ring substituents is 1. The lowest BCUT2D eigenvalue weighted by molar-refractivity contribution is -0.684. The summed E-state index contributed by atoms with van der Waals surface area (Å²) in [6, 6.07) is 10.6. The minimum atomic E-state index is -0.518. The van der Waals surface area contributed by atoms with E-state index in [1.165, 1.54) is 30.5 Å². The van der Waals surface area contributed by atoms with Crippen molar-refractivity contribution in [1.29, 1.82) is 0 Å². The van der Waals surface area contributed by atoms with Crippen LogP contribution in [0.2, 0.25) is 0 Å². The first-order chi connectivity index (χ1) is 10.1. The standard InChI is InChI=1S/C14H11N3O4/c18-14(11-4-6-12(7-5-11)17(20)21)10-16-8-2-1-3-13(16)9-15-19/h1-9H,10H2/p+1. The first-order valence-corrected chi connectivity index (χ1v) is 6.05. The van der Waals surface area contributed by atoms with Gasteiger partial charge in [0.05, 0.1) is 4.92 Å². The van der Waals surface area contributed by atoms with Crippen LogP contribution in [0, 0.1) is 10.1 Å². The van der Waals surface area contributed by atoms with Crippen molar-refractivity contribution < 1.29 is 19.5 Å². The van der Waals surface area contributed by atoms with Crippen molar-refractivity contribution in [3.63, 3.8) is 0 Å². The zero-order valence-electron chi connectivity index (χ0n) is 10.9. The lowest BCUT2D eigenvalue weighted by Crippen LogP contribution is -2.41. The molecule has 2 aromatic rings. The van der Waals surface area contributed by atoms with Gasteiger partial charge in [0.1, 0.15) is 6.21 Å². The van der Waals surface area contributed by atoms with Crippen molar-refractivity contribution in [2.75, 3.05) is 0 Å². The summed E-state index contributed by atoms with van der Waals surface area (Å²) < 4.78 is 1.61. The van der Waals surface area contributed by atoms with Crippen LogP contribution in [0.1, 0.15) is 16.1 Å². The topological polar surface area (TPSA) is 96.7 Å². The predicted molar refractivity (Wildman–Crippen MR) is 73.4 cm³/mol. The van der Waals surface area contributed by atoms with Crippen LogP contribution in [0.15, 0.2) is 53.8 Å². The number of pyridine rings is 1. The smallest absolute Gasteiger partial charge is 0.269 e. The third kappa shape index (κ3) is 3.47. The van der Waals surface area contributed by atoms with Gasteiger partial charge in [-0.2, -0.15) is 4.57 Å². The number of ketones is 1. The molecule has 2 rings (SSSR count). The molecule has 1 aromatic heterocycles. The molecule has 0 aliphatic heterocycles. The number of Topliss-reactive ketones (excluding diaryl/α,β-unsaturated/α-hetero) is 1. The van der Waals surface area contributed by atoms with Gasteiger partial charge in [0.15, 0.2) is 6.20 Å². The summed E-state index contributed by atoms with van der Waals surface area (Å²) in [6.45, 7) is 0.0417. The van der Waals surface area contributed by atoms with Gasteiger partial charge < -0.3 is 5.21 Å². The zero-order chi connectivity index (χ0) is 15.2. The lowest BCUT2D eigenvalue weighted by Gasteiger charge is -2.00. The van der Waals surface area contributed by atoms with Gasteiger partial charge >= 0.3 is 0 Å². The summed E-state index contributed by atoms with van der Waals surface area (Å²) in [5.74, 6) is -0.200. The number of hydrogen-bond acceptors (Lipinski definition) is 5. The van der Waals surface area contributed by atoms with Gasteiger partial charge in [-0.25, -0.2) is 0 Å². The molecule has 0 unspecified atom stereocenters. The number of hydrogen-bond donors (Lipinski definition) is 1. The molecule has 7 nitrogen and oxygen atoms in total. The number of carbonyl (C=O) groups excluding carboxylic acids is 1. The molecule has 0 fully saturated rings. The fourth-order valence-electron chi connectivity index (χ4n) is 1.82. The van der Waals surface area contributed by atoms with Crippen LogP contribution in [0.3, 0.4) is 0 Å². The third-order valence-electron chi connectivity index (χ3n) is 2.88. The fraction of sp³-hybridized carbons (Fsp3) is 0.0714. The van der Waals surface area contributed by atoms with E-state index < -0.39 is 4.92 Å². The van der Waals surface area contributed by atoms with E-state index >= 15 is 0 Å². The van der Waals surface area contributed by atoms with Crippen molar-refractivity contribution in [2.45, 2.75) is 6.54 Å². The van der Waals surface area contributed by atoms with Crippen LogP contribution in [0.5, 0.6) is 0 Å². The SMILES string of the molecule is O=C(C[n+]1ccccc1C=NO)c1ccc([N+](=O)[O-])cc1. The van der Waals surface area contributed by atoms with Crippen LogP contribution in [0.4, 0.5) is 5.69 Å². The summed E-state index contributed by atoms with van der Waals surface area (Å²) >= 11 is 0. The van der Waals surface area contributed by atoms with Crippen molar-refractivity contribution in [2.24, 2.45) is 5.16 Å². The molecule has 0 aliphatic rings. The Hall–Kier alpha value is -3.09. The van der Waals surface area contributed by atoms with E-state index in [1.54, 1.807) is 29.0 Å². The Morgan fingerprint density at radius 1 is 1.29 bits per heavy atom. The second-order valence-electron chi connectivity index (χ2n) is 4.23. The second-order valence-corrected chi connectivity index (χ2v) is 4.23. The maximum absolute atomic E-state index is 12.2. The van der Waals surface area contributed by atoms with E-state index in [0.29, 0.717) is 11.3 Å². The fourth-order valence-corrected chi connectivity index (χ4v) is 1.82. The Labute approximate surface area is 119 Å². The number of nitro groups is 1. The molecule has 0 bridgehead atoms. The number of nitrogens with zero attached hydrogens (tertiary/aromatic N) is 3. The normalized spacial score (nSPS) is 10.7. The monoisotopic (exact) mass is 286 g/mol.